The zero-order chi connectivity index (χ0) is 14.7. The first kappa shape index (κ1) is 17.9. The van der Waals surface area contributed by atoms with Crippen molar-refractivity contribution in [2.45, 2.75) is 12.8 Å². The van der Waals surface area contributed by atoms with Crippen LogP contribution in [-0.4, -0.2) is 35.4 Å². The molecule has 8 heteroatoms. The molecule has 1 aromatic carbocycles. The van der Waals surface area contributed by atoms with Crippen molar-refractivity contribution in [2.75, 3.05) is 19.6 Å². The smallest absolute Gasteiger partial charge is 0.271 e. The van der Waals surface area contributed by atoms with Gasteiger partial charge in [-0.25, -0.2) is 0 Å². The van der Waals surface area contributed by atoms with Crippen LogP contribution < -0.4 is 5.73 Å². The molecule has 0 bridgehead atoms. The number of hydrogen-bond acceptors (Lipinski definition) is 4. The highest BCUT2D eigenvalue weighted by Gasteiger charge is 2.25. The molecule has 1 atom stereocenters. The first-order valence-electron chi connectivity index (χ1n) is 6.45. The molecule has 0 aliphatic carbocycles. The molecular weight excluding hydrogens is 362 g/mol. The van der Waals surface area contributed by atoms with E-state index in [1.54, 1.807) is 11.0 Å². The number of carbonyl (C=O) groups excluding carboxylic acids is 1. The van der Waals surface area contributed by atoms with Crippen molar-refractivity contribution in [1.29, 1.82) is 0 Å². The molecule has 6 nitrogen and oxygen atoms in total. The van der Waals surface area contributed by atoms with Crippen molar-refractivity contribution in [1.82, 2.24) is 4.90 Å². The third-order valence-corrected chi connectivity index (χ3v) is 3.94. The van der Waals surface area contributed by atoms with Gasteiger partial charge in [-0.15, -0.1) is 12.4 Å². The van der Waals surface area contributed by atoms with Gasteiger partial charge in [-0.05, 0) is 31.4 Å². The number of likely N-dealkylation sites (tertiary alicyclic amines) is 1. The minimum Gasteiger partial charge on any atom is -0.338 e. The van der Waals surface area contributed by atoms with Gasteiger partial charge in [-0.3, -0.25) is 14.9 Å². The number of amides is 1. The molecule has 1 aromatic rings. The van der Waals surface area contributed by atoms with Gasteiger partial charge in [0.2, 0.25) is 0 Å². The lowest BCUT2D eigenvalue weighted by atomic mass is 9.97. The van der Waals surface area contributed by atoms with Crippen molar-refractivity contribution in [3.8, 4) is 0 Å². The number of rotatable bonds is 3. The van der Waals surface area contributed by atoms with E-state index in [4.69, 9.17) is 5.73 Å². The van der Waals surface area contributed by atoms with Gasteiger partial charge in [0.05, 0.1) is 4.92 Å². The van der Waals surface area contributed by atoms with E-state index in [2.05, 4.69) is 15.9 Å². The van der Waals surface area contributed by atoms with Crippen LogP contribution in [0.1, 0.15) is 23.2 Å². The number of carbonyl (C=O) groups is 1. The Balaban J connectivity index is 0.00000220. The molecule has 2 N–H and O–H groups in total. The van der Waals surface area contributed by atoms with Crippen LogP contribution >= 0.6 is 28.3 Å². The Morgan fingerprint density at radius 2 is 2.19 bits per heavy atom. The van der Waals surface area contributed by atoms with E-state index in [0.717, 1.165) is 12.8 Å². The first-order chi connectivity index (χ1) is 9.51. The summed E-state index contributed by atoms with van der Waals surface area (Å²) in [5, 5.41) is 10.8. The molecular formula is C13H17BrClN3O3. The van der Waals surface area contributed by atoms with Crippen molar-refractivity contribution in [3.05, 3.63) is 38.3 Å². The molecule has 1 aliphatic heterocycles. The van der Waals surface area contributed by atoms with E-state index in [-0.39, 0.29) is 24.0 Å². The van der Waals surface area contributed by atoms with Crippen LogP contribution in [0.25, 0.3) is 0 Å². The van der Waals surface area contributed by atoms with Gasteiger partial charge in [0.1, 0.15) is 0 Å². The number of piperidine rings is 1. The number of nitro groups is 1. The topological polar surface area (TPSA) is 89.5 Å². The summed E-state index contributed by atoms with van der Waals surface area (Å²) in [5.74, 6) is 0.141. The largest absolute Gasteiger partial charge is 0.338 e. The van der Waals surface area contributed by atoms with Gasteiger partial charge in [0, 0.05) is 35.3 Å². The molecule has 1 unspecified atom stereocenters. The zero-order valence-electron chi connectivity index (χ0n) is 11.3. The predicted octanol–water partition coefficient (Wildman–Crippen LogP) is 2.59. The lowest BCUT2D eigenvalue weighted by Crippen LogP contribution is -2.42. The normalized spacial score (nSPS) is 18.0. The summed E-state index contributed by atoms with van der Waals surface area (Å²) >= 11 is 3.20. The monoisotopic (exact) mass is 377 g/mol. The summed E-state index contributed by atoms with van der Waals surface area (Å²) in [6.45, 7) is 1.85. The highest BCUT2D eigenvalue weighted by atomic mass is 79.9. The van der Waals surface area contributed by atoms with Crippen LogP contribution in [0.4, 0.5) is 5.69 Å². The summed E-state index contributed by atoms with van der Waals surface area (Å²) in [4.78, 5) is 24.5. The second-order valence-corrected chi connectivity index (χ2v) is 5.87. The average Bonchev–Trinajstić information content (AvgIpc) is 2.45. The third-order valence-electron chi connectivity index (χ3n) is 3.48. The molecule has 21 heavy (non-hydrogen) atoms. The molecule has 0 saturated carbocycles. The maximum absolute atomic E-state index is 12.4. The van der Waals surface area contributed by atoms with Crippen molar-refractivity contribution in [3.63, 3.8) is 0 Å². The maximum atomic E-state index is 12.4. The summed E-state index contributed by atoms with van der Waals surface area (Å²) in [7, 11) is 0. The van der Waals surface area contributed by atoms with Gasteiger partial charge in [-0.2, -0.15) is 0 Å². The molecule has 1 aliphatic rings. The van der Waals surface area contributed by atoms with Crippen molar-refractivity contribution >= 4 is 39.9 Å². The highest BCUT2D eigenvalue weighted by Crippen LogP contribution is 2.24. The summed E-state index contributed by atoms with van der Waals surface area (Å²) in [5.41, 5.74) is 5.91. The standard InChI is InChI=1S/C13H16BrN3O3.ClH/c14-11-4-10(5-12(6-11)17(19)20)13(18)16-3-1-2-9(7-15)8-16;/h4-6,9H,1-3,7-8,15H2;1H. The fourth-order valence-electron chi connectivity index (χ4n) is 2.43. The SMILES string of the molecule is Cl.NCC1CCCN(C(=O)c2cc(Br)cc([N+](=O)[O-])c2)C1. The van der Waals surface area contributed by atoms with E-state index in [1.807, 2.05) is 0 Å². The Kier molecular flexibility index (Phi) is 6.57. The Bertz CT molecular complexity index is 541. The van der Waals surface area contributed by atoms with E-state index in [1.165, 1.54) is 12.1 Å². The zero-order valence-corrected chi connectivity index (χ0v) is 13.7. The number of benzene rings is 1. The number of nitrogens with zero attached hydrogens (tertiary/aromatic N) is 2. The quantitative estimate of drug-likeness (QED) is 0.646. The number of nitrogens with two attached hydrogens (primary N) is 1. The Morgan fingerprint density at radius 1 is 1.48 bits per heavy atom. The number of halogens is 2. The Hall–Kier alpha value is -1.18. The molecule has 2 rings (SSSR count). The third kappa shape index (κ3) is 4.39. The molecule has 0 aromatic heterocycles. The van der Waals surface area contributed by atoms with Crippen molar-refractivity contribution < 1.29 is 9.72 Å². The van der Waals surface area contributed by atoms with Crippen LogP contribution in [0.5, 0.6) is 0 Å². The van der Waals surface area contributed by atoms with Crippen molar-refractivity contribution in [2.24, 2.45) is 11.7 Å². The predicted molar refractivity (Wildman–Crippen MR) is 85.7 cm³/mol. The molecule has 1 amide bonds. The van der Waals surface area contributed by atoms with E-state index in [9.17, 15) is 14.9 Å². The van der Waals surface area contributed by atoms with E-state index >= 15 is 0 Å². The van der Waals surface area contributed by atoms with Gasteiger partial charge < -0.3 is 10.6 Å². The summed E-state index contributed by atoms with van der Waals surface area (Å²) in [6, 6.07) is 4.32. The highest BCUT2D eigenvalue weighted by molar-refractivity contribution is 9.10. The molecule has 0 radical (unpaired) electrons. The fraction of sp³-hybridized carbons (Fsp3) is 0.462. The van der Waals surface area contributed by atoms with Gasteiger partial charge >= 0.3 is 0 Å². The summed E-state index contributed by atoms with van der Waals surface area (Å²) in [6.07, 6.45) is 1.95. The molecule has 0 spiro atoms. The van der Waals surface area contributed by atoms with E-state index < -0.39 is 4.92 Å². The Morgan fingerprint density at radius 3 is 2.81 bits per heavy atom. The van der Waals surface area contributed by atoms with E-state index in [0.29, 0.717) is 35.6 Å². The van der Waals surface area contributed by atoms with Gasteiger partial charge in [-0.1, -0.05) is 15.9 Å². The van der Waals surface area contributed by atoms with Crippen LogP contribution in [0.2, 0.25) is 0 Å². The minimum absolute atomic E-state index is 0. The van der Waals surface area contributed by atoms with Crippen LogP contribution in [0.3, 0.4) is 0 Å². The number of hydrogen-bond donors (Lipinski definition) is 1. The second-order valence-electron chi connectivity index (χ2n) is 4.95. The summed E-state index contributed by atoms with van der Waals surface area (Å²) < 4.78 is 0.530. The minimum atomic E-state index is -0.500. The lowest BCUT2D eigenvalue weighted by molar-refractivity contribution is -0.385. The molecule has 1 heterocycles. The number of non-ortho nitro benzene ring substituents is 1. The average molecular weight is 379 g/mol. The first-order valence-corrected chi connectivity index (χ1v) is 7.25. The van der Waals surface area contributed by atoms with Crippen LogP contribution in [0.15, 0.2) is 22.7 Å². The number of nitro benzene ring substituents is 1. The second kappa shape index (κ2) is 7.72. The van der Waals surface area contributed by atoms with Crippen LogP contribution in [-0.2, 0) is 0 Å². The van der Waals surface area contributed by atoms with Gasteiger partial charge in [0.15, 0.2) is 0 Å². The molecule has 1 saturated heterocycles. The fourth-order valence-corrected chi connectivity index (χ4v) is 2.91. The molecule has 116 valence electrons. The lowest BCUT2D eigenvalue weighted by Gasteiger charge is -2.32. The Labute approximate surface area is 137 Å². The van der Waals surface area contributed by atoms with Crippen LogP contribution in [0, 0.1) is 16.0 Å². The maximum Gasteiger partial charge on any atom is 0.271 e. The van der Waals surface area contributed by atoms with Gasteiger partial charge in [0.25, 0.3) is 11.6 Å². The molecule has 1 fully saturated rings.